The largest absolute Gasteiger partial charge is 0.496 e. The molecule has 3 nitrogen and oxygen atoms in total. The lowest BCUT2D eigenvalue weighted by Gasteiger charge is -2.10. The Bertz CT molecular complexity index is 632. The van der Waals surface area contributed by atoms with E-state index in [0.717, 1.165) is 12.0 Å². The third kappa shape index (κ3) is 3.63. The van der Waals surface area contributed by atoms with Gasteiger partial charge in [-0.05, 0) is 37.6 Å². The summed E-state index contributed by atoms with van der Waals surface area (Å²) >= 11 is 0. The minimum Gasteiger partial charge on any atom is -0.496 e. The highest BCUT2D eigenvalue weighted by Gasteiger charge is 2.15. The van der Waals surface area contributed by atoms with Crippen LogP contribution in [0.15, 0.2) is 42.5 Å². The Morgan fingerprint density at radius 3 is 2.67 bits per heavy atom. The van der Waals surface area contributed by atoms with Crippen LogP contribution in [-0.4, -0.2) is 19.5 Å². The van der Waals surface area contributed by atoms with Gasteiger partial charge in [-0.3, -0.25) is 4.79 Å². The summed E-state index contributed by atoms with van der Waals surface area (Å²) in [4.78, 5) is 12.7. The number of ketones is 1. The van der Waals surface area contributed by atoms with E-state index in [1.807, 2.05) is 44.2 Å². The molecule has 0 aromatic heterocycles. The van der Waals surface area contributed by atoms with Crippen LogP contribution in [-0.2, 0) is 0 Å². The van der Waals surface area contributed by atoms with E-state index in [0.29, 0.717) is 29.2 Å². The van der Waals surface area contributed by atoms with E-state index in [1.54, 1.807) is 19.2 Å². The first-order valence-corrected chi connectivity index (χ1v) is 7.08. The second kappa shape index (κ2) is 6.93. The Balaban J connectivity index is 2.33. The molecule has 0 heterocycles. The SMILES string of the molecule is CCCOc1cccc(C(=O)c2cc(C)ccc2OC)c1. The number of hydrogen-bond acceptors (Lipinski definition) is 3. The molecule has 0 amide bonds. The van der Waals surface area contributed by atoms with Crippen molar-refractivity contribution in [1.82, 2.24) is 0 Å². The van der Waals surface area contributed by atoms with Gasteiger partial charge >= 0.3 is 0 Å². The third-order valence-corrected chi connectivity index (χ3v) is 3.17. The van der Waals surface area contributed by atoms with Crippen molar-refractivity contribution in [2.24, 2.45) is 0 Å². The summed E-state index contributed by atoms with van der Waals surface area (Å²) in [7, 11) is 1.57. The molecule has 0 saturated heterocycles. The predicted molar refractivity (Wildman–Crippen MR) is 83.4 cm³/mol. The maximum Gasteiger partial charge on any atom is 0.196 e. The summed E-state index contributed by atoms with van der Waals surface area (Å²) in [5, 5.41) is 0. The van der Waals surface area contributed by atoms with Crippen LogP contribution in [0, 0.1) is 6.92 Å². The van der Waals surface area contributed by atoms with Crippen LogP contribution in [0.5, 0.6) is 11.5 Å². The number of hydrogen-bond donors (Lipinski definition) is 0. The molecular weight excluding hydrogens is 264 g/mol. The van der Waals surface area contributed by atoms with Gasteiger partial charge in [0, 0.05) is 5.56 Å². The molecule has 0 bridgehead atoms. The molecule has 21 heavy (non-hydrogen) atoms. The fourth-order valence-corrected chi connectivity index (χ4v) is 2.10. The summed E-state index contributed by atoms with van der Waals surface area (Å²) in [6.07, 6.45) is 0.934. The first-order chi connectivity index (χ1) is 10.2. The van der Waals surface area contributed by atoms with Crippen LogP contribution in [0.1, 0.15) is 34.8 Å². The number of ether oxygens (including phenoxy) is 2. The Morgan fingerprint density at radius 2 is 1.95 bits per heavy atom. The van der Waals surface area contributed by atoms with Crippen molar-refractivity contribution in [3.8, 4) is 11.5 Å². The molecule has 0 aliphatic heterocycles. The lowest BCUT2D eigenvalue weighted by atomic mass is 10.0. The number of carbonyl (C=O) groups excluding carboxylic acids is 1. The topological polar surface area (TPSA) is 35.5 Å². The third-order valence-electron chi connectivity index (χ3n) is 3.17. The molecule has 0 spiro atoms. The average Bonchev–Trinajstić information content (AvgIpc) is 2.52. The molecule has 3 heteroatoms. The monoisotopic (exact) mass is 284 g/mol. The summed E-state index contributed by atoms with van der Waals surface area (Å²) in [6.45, 7) is 4.65. The first-order valence-electron chi connectivity index (χ1n) is 7.08. The maximum absolute atomic E-state index is 12.7. The van der Waals surface area contributed by atoms with E-state index in [2.05, 4.69) is 0 Å². The van der Waals surface area contributed by atoms with Crippen LogP contribution in [0.3, 0.4) is 0 Å². The molecule has 2 rings (SSSR count). The van der Waals surface area contributed by atoms with Crippen molar-refractivity contribution in [3.05, 3.63) is 59.2 Å². The van der Waals surface area contributed by atoms with E-state index in [1.165, 1.54) is 0 Å². The highest BCUT2D eigenvalue weighted by atomic mass is 16.5. The zero-order valence-electron chi connectivity index (χ0n) is 12.7. The van der Waals surface area contributed by atoms with Crippen molar-refractivity contribution in [3.63, 3.8) is 0 Å². The Labute approximate surface area is 125 Å². The number of aryl methyl sites for hydroxylation is 1. The minimum atomic E-state index is -0.0579. The average molecular weight is 284 g/mol. The van der Waals surface area contributed by atoms with E-state index in [-0.39, 0.29) is 5.78 Å². The molecule has 0 fully saturated rings. The highest BCUT2D eigenvalue weighted by Crippen LogP contribution is 2.24. The zero-order chi connectivity index (χ0) is 15.2. The lowest BCUT2D eigenvalue weighted by molar-refractivity contribution is 0.103. The smallest absolute Gasteiger partial charge is 0.196 e. The summed E-state index contributed by atoms with van der Waals surface area (Å²) < 4.78 is 10.9. The minimum absolute atomic E-state index is 0.0579. The van der Waals surface area contributed by atoms with Crippen molar-refractivity contribution >= 4 is 5.78 Å². The van der Waals surface area contributed by atoms with Gasteiger partial charge in [-0.1, -0.05) is 30.7 Å². The Hall–Kier alpha value is -2.29. The molecule has 0 unspecified atom stereocenters. The quantitative estimate of drug-likeness (QED) is 0.751. The molecule has 0 aliphatic carbocycles. The van der Waals surface area contributed by atoms with E-state index in [4.69, 9.17) is 9.47 Å². The Morgan fingerprint density at radius 1 is 1.14 bits per heavy atom. The summed E-state index contributed by atoms with van der Waals surface area (Å²) in [5.41, 5.74) is 2.20. The standard InChI is InChI=1S/C18H20O3/c1-4-10-21-15-7-5-6-14(12-15)18(19)16-11-13(2)8-9-17(16)20-3/h5-9,11-12H,4,10H2,1-3H3. The highest BCUT2D eigenvalue weighted by molar-refractivity contribution is 6.11. The molecule has 0 atom stereocenters. The van der Waals surface area contributed by atoms with Gasteiger partial charge in [0.2, 0.25) is 0 Å². The second-order valence-electron chi connectivity index (χ2n) is 4.91. The van der Waals surface area contributed by atoms with Gasteiger partial charge < -0.3 is 9.47 Å². The molecule has 0 N–H and O–H groups in total. The molecule has 110 valence electrons. The van der Waals surface area contributed by atoms with Gasteiger partial charge in [-0.2, -0.15) is 0 Å². The number of benzene rings is 2. The number of carbonyl (C=O) groups is 1. The van der Waals surface area contributed by atoms with Crippen LogP contribution in [0.2, 0.25) is 0 Å². The number of methoxy groups -OCH3 is 1. The second-order valence-corrected chi connectivity index (χ2v) is 4.91. The molecule has 0 radical (unpaired) electrons. The van der Waals surface area contributed by atoms with E-state index < -0.39 is 0 Å². The van der Waals surface area contributed by atoms with Crippen LogP contribution < -0.4 is 9.47 Å². The fraction of sp³-hybridized carbons (Fsp3) is 0.278. The maximum atomic E-state index is 12.7. The normalized spacial score (nSPS) is 10.2. The van der Waals surface area contributed by atoms with E-state index >= 15 is 0 Å². The summed E-state index contributed by atoms with van der Waals surface area (Å²) in [6, 6.07) is 12.9. The van der Waals surface area contributed by atoms with E-state index in [9.17, 15) is 4.79 Å². The van der Waals surface area contributed by atoms with Crippen molar-refractivity contribution in [1.29, 1.82) is 0 Å². The molecular formula is C18H20O3. The van der Waals surface area contributed by atoms with Gasteiger partial charge in [-0.25, -0.2) is 0 Å². The van der Waals surface area contributed by atoms with Gasteiger partial charge in [0.15, 0.2) is 5.78 Å². The van der Waals surface area contributed by atoms with Gasteiger partial charge in [0.05, 0.1) is 19.3 Å². The lowest BCUT2D eigenvalue weighted by Crippen LogP contribution is -2.05. The van der Waals surface area contributed by atoms with Crippen LogP contribution in [0.25, 0.3) is 0 Å². The van der Waals surface area contributed by atoms with Gasteiger partial charge in [0.1, 0.15) is 11.5 Å². The van der Waals surface area contributed by atoms with Gasteiger partial charge in [-0.15, -0.1) is 0 Å². The zero-order valence-corrected chi connectivity index (χ0v) is 12.7. The fourth-order valence-electron chi connectivity index (χ4n) is 2.10. The molecule has 0 aliphatic rings. The van der Waals surface area contributed by atoms with Crippen molar-refractivity contribution in [2.45, 2.75) is 20.3 Å². The van der Waals surface area contributed by atoms with Crippen LogP contribution in [0.4, 0.5) is 0 Å². The van der Waals surface area contributed by atoms with Crippen molar-refractivity contribution in [2.75, 3.05) is 13.7 Å². The first kappa shape index (κ1) is 15.1. The van der Waals surface area contributed by atoms with Gasteiger partial charge in [0.25, 0.3) is 0 Å². The molecule has 2 aromatic carbocycles. The molecule has 2 aromatic rings. The molecule has 0 saturated carbocycles. The summed E-state index contributed by atoms with van der Waals surface area (Å²) in [5.74, 6) is 1.25. The Kier molecular flexibility index (Phi) is 4.99. The van der Waals surface area contributed by atoms with Crippen LogP contribution >= 0.6 is 0 Å². The van der Waals surface area contributed by atoms with Crippen molar-refractivity contribution < 1.29 is 14.3 Å². The number of rotatable bonds is 6. The predicted octanol–water partition coefficient (Wildman–Crippen LogP) is 4.02.